The average molecular weight is 424 g/mol. The number of amides is 2. The molecular formula is C22H25N5O2S. The maximum Gasteiger partial charge on any atom is 0.237 e. The Bertz CT molecular complexity index is 1020. The van der Waals surface area contributed by atoms with Gasteiger partial charge in [-0.25, -0.2) is 0 Å². The van der Waals surface area contributed by atoms with Crippen LogP contribution in [0.3, 0.4) is 0 Å². The van der Waals surface area contributed by atoms with Crippen LogP contribution in [0.15, 0.2) is 59.8 Å². The molecule has 0 aliphatic rings. The molecule has 7 nitrogen and oxygen atoms in total. The summed E-state index contributed by atoms with van der Waals surface area (Å²) in [6.45, 7) is 3.90. The van der Waals surface area contributed by atoms with E-state index in [0.29, 0.717) is 17.4 Å². The molecule has 0 aliphatic carbocycles. The van der Waals surface area contributed by atoms with E-state index in [2.05, 4.69) is 20.8 Å². The third-order valence-electron chi connectivity index (χ3n) is 4.62. The molecule has 0 saturated carbocycles. The summed E-state index contributed by atoms with van der Waals surface area (Å²) in [5.41, 5.74) is 2.53. The van der Waals surface area contributed by atoms with Crippen LogP contribution in [0.25, 0.3) is 0 Å². The Kier molecular flexibility index (Phi) is 7.24. The number of hydrogen-bond acceptors (Lipinski definition) is 5. The summed E-state index contributed by atoms with van der Waals surface area (Å²) < 4.78 is 1.76. The van der Waals surface area contributed by atoms with Crippen molar-refractivity contribution in [2.75, 3.05) is 10.6 Å². The first kappa shape index (κ1) is 21.6. The fourth-order valence-electron chi connectivity index (χ4n) is 2.85. The number of carbonyl (C=O) groups excluding carboxylic acids is 2. The van der Waals surface area contributed by atoms with Gasteiger partial charge in [0.25, 0.3) is 0 Å². The van der Waals surface area contributed by atoms with Crippen molar-refractivity contribution in [3.63, 3.8) is 0 Å². The van der Waals surface area contributed by atoms with Crippen molar-refractivity contribution >= 4 is 35.0 Å². The summed E-state index contributed by atoms with van der Waals surface area (Å²) in [5.74, 6) is 0.294. The Morgan fingerprint density at radius 2 is 1.73 bits per heavy atom. The maximum absolute atomic E-state index is 12.6. The molecule has 1 aromatic heterocycles. The predicted octanol–water partition coefficient (Wildman–Crippen LogP) is 3.81. The first-order valence-corrected chi connectivity index (χ1v) is 10.6. The van der Waals surface area contributed by atoms with Crippen molar-refractivity contribution in [1.82, 2.24) is 14.8 Å². The van der Waals surface area contributed by atoms with E-state index in [1.54, 1.807) is 11.6 Å². The summed E-state index contributed by atoms with van der Waals surface area (Å²) in [6, 6.07) is 17.0. The summed E-state index contributed by atoms with van der Waals surface area (Å²) >= 11 is 1.34. The minimum absolute atomic E-state index is 0.0875. The lowest BCUT2D eigenvalue weighted by Gasteiger charge is -2.14. The van der Waals surface area contributed by atoms with Crippen molar-refractivity contribution in [2.45, 2.75) is 37.1 Å². The summed E-state index contributed by atoms with van der Waals surface area (Å²) in [5, 5.41) is 14.4. The van der Waals surface area contributed by atoms with Gasteiger partial charge in [0.05, 0.1) is 11.7 Å². The number of aromatic nitrogens is 3. The summed E-state index contributed by atoms with van der Waals surface area (Å²) in [4.78, 5) is 25.0. The van der Waals surface area contributed by atoms with Gasteiger partial charge in [0, 0.05) is 18.4 Å². The number of benzene rings is 2. The second-order valence-corrected chi connectivity index (χ2v) is 8.04. The van der Waals surface area contributed by atoms with Crippen LogP contribution in [0.4, 0.5) is 11.4 Å². The zero-order valence-electron chi connectivity index (χ0n) is 17.3. The SMILES string of the molecule is CC[C@H](Sc1nnc(CC(=O)Nc2ccccc2C)n1C)C(=O)Nc1ccccc1. The van der Waals surface area contributed by atoms with Crippen molar-refractivity contribution in [2.24, 2.45) is 7.05 Å². The summed E-state index contributed by atoms with van der Waals surface area (Å²) in [6.07, 6.45) is 0.741. The van der Waals surface area contributed by atoms with Gasteiger partial charge in [0.2, 0.25) is 11.8 Å². The summed E-state index contributed by atoms with van der Waals surface area (Å²) in [7, 11) is 1.81. The van der Waals surface area contributed by atoms with E-state index < -0.39 is 0 Å². The standard InChI is InChI=1S/C22H25N5O2S/c1-4-18(21(29)23-16-11-6-5-7-12-16)30-22-26-25-19(27(22)3)14-20(28)24-17-13-9-8-10-15(17)2/h5-13,18H,4,14H2,1-3H3,(H,23,29)(H,24,28)/t18-/m0/s1. The smallest absolute Gasteiger partial charge is 0.237 e. The number of hydrogen-bond donors (Lipinski definition) is 2. The van der Waals surface area contributed by atoms with Crippen molar-refractivity contribution in [1.29, 1.82) is 0 Å². The van der Waals surface area contributed by atoms with Gasteiger partial charge >= 0.3 is 0 Å². The monoisotopic (exact) mass is 423 g/mol. The molecule has 1 atom stereocenters. The molecule has 0 spiro atoms. The van der Waals surface area contributed by atoms with Gasteiger partial charge in [-0.2, -0.15) is 0 Å². The van der Waals surface area contributed by atoms with Gasteiger partial charge in [-0.3, -0.25) is 9.59 Å². The number of para-hydroxylation sites is 2. The molecule has 30 heavy (non-hydrogen) atoms. The second-order valence-electron chi connectivity index (χ2n) is 6.87. The van der Waals surface area contributed by atoms with Gasteiger partial charge in [-0.05, 0) is 37.1 Å². The molecule has 0 bridgehead atoms. The van der Waals surface area contributed by atoms with E-state index in [9.17, 15) is 9.59 Å². The van der Waals surface area contributed by atoms with Crippen molar-refractivity contribution < 1.29 is 9.59 Å². The number of nitrogens with zero attached hydrogens (tertiary/aromatic N) is 3. The lowest BCUT2D eigenvalue weighted by molar-refractivity contribution is -0.116. The highest BCUT2D eigenvalue weighted by Crippen LogP contribution is 2.25. The van der Waals surface area contributed by atoms with Gasteiger partial charge in [0.1, 0.15) is 5.82 Å². The second kappa shape index (κ2) is 10.1. The minimum atomic E-state index is -0.318. The highest BCUT2D eigenvalue weighted by atomic mass is 32.2. The van der Waals surface area contributed by atoms with Gasteiger partial charge < -0.3 is 15.2 Å². The van der Waals surface area contributed by atoms with Crippen LogP contribution < -0.4 is 10.6 Å². The molecule has 3 aromatic rings. The molecule has 0 unspecified atom stereocenters. The van der Waals surface area contributed by atoms with Crippen molar-refractivity contribution in [3.05, 3.63) is 66.0 Å². The third kappa shape index (κ3) is 5.48. The Labute approximate surface area is 180 Å². The van der Waals surface area contributed by atoms with Crippen LogP contribution in [-0.2, 0) is 23.1 Å². The fourth-order valence-corrected chi connectivity index (χ4v) is 3.79. The van der Waals surface area contributed by atoms with Gasteiger partial charge in [-0.15, -0.1) is 10.2 Å². The van der Waals surface area contributed by atoms with Crippen LogP contribution in [0.2, 0.25) is 0 Å². The molecule has 156 valence electrons. The molecule has 0 aliphatic heterocycles. The van der Waals surface area contributed by atoms with E-state index in [1.165, 1.54) is 11.8 Å². The van der Waals surface area contributed by atoms with E-state index in [-0.39, 0.29) is 23.5 Å². The minimum Gasteiger partial charge on any atom is -0.325 e. The number of aryl methyl sites for hydroxylation is 1. The Balaban J connectivity index is 1.63. The van der Waals surface area contributed by atoms with Crippen LogP contribution >= 0.6 is 11.8 Å². The van der Waals surface area contributed by atoms with Crippen LogP contribution in [0, 0.1) is 6.92 Å². The Morgan fingerprint density at radius 3 is 2.43 bits per heavy atom. The van der Waals surface area contributed by atoms with E-state index in [1.807, 2.05) is 68.4 Å². The number of thioether (sulfide) groups is 1. The molecule has 0 fully saturated rings. The van der Waals surface area contributed by atoms with Crippen LogP contribution in [-0.4, -0.2) is 31.8 Å². The average Bonchev–Trinajstić information content (AvgIpc) is 3.07. The van der Waals surface area contributed by atoms with Crippen LogP contribution in [0.1, 0.15) is 24.7 Å². The van der Waals surface area contributed by atoms with Crippen LogP contribution in [0.5, 0.6) is 0 Å². The number of anilines is 2. The fraction of sp³-hybridized carbons (Fsp3) is 0.273. The third-order valence-corrected chi connectivity index (χ3v) is 6.01. The molecule has 3 rings (SSSR count). The highest BCUT2D eigenvalue weighted by molar-refractivity contribution is 8.00. The molecule has 2 amide bonds. The Morgan fingerprint density at radius 1 is 1.03 bits per heavy atom. The number of nitrogens with one attached hydrogen (secondary N) is 2. The lowest BCUT2D eigenvalue weighted by Crippen LogP contribution is -2.25. The number of carbonyl (C=O) groups is 2. The zero-order valence-corrected chi connectivity index (χ0v) is 18.1. The van der Waals surface area contributed by atoms with Gasteiger partial charge in [-0.1, -0.05) is 55.1 Å². The molecule has 8 heteroatoms. The molecule has 0 saturated heterocycles. The van der Waals surface area contributed by atoms with E-state index in [4.69, 9.17) is 0 Å². The maximum atomic E-state index is 12.6. The molecular weight excluding hydrogens is 398 g/mol. The molecule has 2 N–H and O–H groups in total. The van der Waals surface area contributed by atoms with Crippen molar-refractivity contribution in [3.8, 4) is 0 Å². The predicted molar refractivity (Wildman–Crippen MR) is 120 cm³/mol. The first-order chi connectivity index (χ1) is 14.5. The zero-order chi connectivity index (χ0) is 21.5. The van der Waals surface area contributed by atoms with E-state index in [0.717, 1.165) is 16.9 Å². The molecule has 1 heterocycles. The molecule has 0 radical (unpaired) electrons. The normalized spacial score (nSPS) is 11.7. The number of rotatable bonds is 8. The molecule has 2 aromatic carbocycles. The first-order valence-electron chi connectivity index (χ1n) is 9.74. The van der Waals surface area contributed by atoms with Gasteiger partial charge in [0.15, 0.2) is 5.16 Å². The Hall–Kier alpha value is -3.13. The van der Waals surface area contributed by atoms with E-state index >= 15 is 0 Å². The largest absolute Gasteiger partial charge is 0.325 e. The highest BCUT2D eigenvalue weighted by Gasteiger charge is 2.22. The quantitative estimate of drug-likeness (QED) is 0.538. The lowest BCUT2D eigenvalue weighted by atomic mass is 10.2. The topological polar surface area (TPSA) is 88.9 Å².